The first-order chi connectivity index (χ1) is 15.0. The van der Waals surface area contributed by atoms with E-state index >= 15 is 0 Å². The van der Waals surface area contributed by atoms with E-state index in [-0.39, 0.29) is 24.5 Å². The standard InChI is InChI=1S/C25H31ClN2O3/c1-3-23(25(30)27-21-12-6-7-13-21)28(16-19-10-5-4-9-18(19)2)24(29)17-31-22-14-8-11-20(26)15-22/h4-5,8-11,14-15,21,23H,3,6-7,12-13,16-17H2,1-2H3,(H,27,30). The molecule has 1 unspecified atom stereocenters. The largest absolute Gasteiger partial charge is 0.484 e. The predicted molar refractivity (Wildman–Crippen MR) is 123 cm³/mol. The molecule has 0 bridgehead atoms. The second-order valence-corrected chi connectivity index (χ2v) is 8.54. The number of ether oxygens (including phenoxy) is 1. The van der Waals surface area contributed by atoms with Gasteiger partial charge in [0.15, 0.2) is 6.61 Å². The number of carbonyl (C=O) groups excluding carboxylic acids is 2. The molecule has 0 radical (unpaired) electrons. The van der Waals surface area contributed by atoms with Crippen molar-refractivity contribution in [3.63, 3.8) is 0 Å². The third-order valence-corrected chi connectivity index (χ3v) is 6.08. The number of rotatable bonds is 9. The number of halogens is 1. The van der Waals surface area contributed by atoms with Crippen molar-refractivity contribution in [1.29, 1.82) is 0 Å². The van der Waals surface area contributed by atoms with Crippen molar-refractivity contribution >= 4 is 23.4 Å². The van der Waals surface area contributed by atoms with E-state index in [1.54, 1.807) is 29.2 Å². The maximum absolute atomic E-state index is 13.2. The molecule has 1 aliphatic carbocycles. The quantitative estimate of drug-likeness (QED) is 0.601. The molecule has 1 saturated carbocycles. The highest BCUT2D eigenvalue weighted by Gasteiger charge is 2.31. The zero-order valence-corrected chi connectivity index (χ0v) is 19.0. The van der Waals surface area contributed by atoms with Gasteiger partial charge >= 0.3 is 0 Å². The minimum atomic E-state index is -0.546. The van der Waals surface area contributed by atoms with Gasteiger partial charge in [0.25, 0.3) is 5.91 Å². The van der Waals surface area contributed by atoms with Gasteiger partial charge in [0.2, 0.25) is 5.91 Å². The van der Waals surface area contributed by atoms with Gasteiger partial charge in [-0.3, -0.25) is 9.59 Å². The van der Waals surface area contributed by atoms with Crippen LogP contribution < -0.4 is 10.1 Å². The second kappa shape index (κ2) is 11.2. The molecule has 1 atom stereocenters. The van der Waals surface area contributed by atoms with Crippen LogP contribution in [0.5, 0.6) is 5.75 Å². The van der Waals surface area contributed by atoms with Crippen molar-refractivity contribution < 1.29 is 14.3 Å². The highest BCUT2D eigenvalue weighted by molar-refractivity contribution is 6.30. The summed E-state index contributed by atoms with van der Waals surface area (Å²) < 4.78 is 5.70. The molecule has 2 amide bonds. The molecule has 2 aromatic carbocycles. The summed E-state index contributed by atoms with van der Waals surface area (Å²) in [4.78, 5) is 28.0. The molecule has 31 heavy (non-hydrogen) atoms. The summed E-state index contributed by atoms with van der Waals surface area (Å²) in [6.07, 6.45) is 4.83. The topological polar surface area (TPSA) is 58.6 Å². The molecule has 1 aliphatic rings. The number of hydrogen-bond donors (Lipinski definition) is 1. The highest BCUT2D eigenvalue weighted by atomic mass is 35.5. The van der Waals surface area contributed by atoms with Crippen LogP contribution in [0.2, 0.25) is 5.02 Å². The van der Waals surface area contributed by atoms with E-state index in [4.69, 9.17) is 16.3 Å². The zero-order chi connectivity index (χ0) is 22.2. The van der Waals surface area contributed by atoms with Gasteiger partial charge in [0.05, 0.1) is 0 Å². The smallest absolute Gasteiger partial charge is 0.261 e. The number of hydrogen-bond acceptors (Lipinski definition) is 3. The Balaban J connectivity index is 1.77. The number of carbonyl (C=O) groups is 2. The molecule has 0 spiro atoms. The summed E-state index contributed by atoms with van der Waals surface area (Å²) in [6, 6.07) is 14.5. The molecule has 5 nitrogen and oxygen atoms in total. The minimum absolute atomic E-state index is 0.0842. The van der Waals surface area contributed by atoms with Gasteiger partial charge in [0, 0.05) is 17.6 Å². The first-order valence-corrected chi connectivity index (χ1v) is 11.4. The number of benzene rings is 2. The van der Waals surface area contributed by atoms with Gasteiger partial charge in [-0.05, 0) is 55.5 Å². The molecule has 6 heteroatoms. The van der Waals surface area contributed by atoms with Crippen LogP contribution in [0.3, 0.4) is 0 Å². The Morgan fingerprint density at radius 2 is 1.90 bits per heavy atom. The third kappa shape index (κ3) is 6.47. The maximum Gasteiger partial charge on any atom is 0.261 e. The Morgan fingerprint density at radius 1 is 1.16 bits per heavy atom. The number of nitrogens with one attached hydrogen (secondary N) is 1. The van der Waals surface area contributed by atoms with Gasteiger partial charge in [-0.1, -0.05) is 61.7 Å². The molecule has 3 rings (SSSR count). The number of nitrogens with zero attached hydrogens (tertiary/aromatic N) is 1. The van der Waals surface area contributed by atoms with Crippen molar-refractivity contribution in [3.8, 4) is 5.75 Å². The van der Waals surface area contributed by atoms with E-state index in [0.29, 0.717) is 23.7 Å². The Morgan fingerprint density at radius 3 is 2.58 bits per heavy atom. The number of aryl methyl sites for hydroxylation is 1. The normalized spacial score (nSPS) is 14.8. The summed E-state index contributed by atoms with van der Waals surface area (Å²) in [7, 11) is 0. The van der Waals surface area contributed by atoms with Crippen molar-refractivity contribution in [3.05, 3.63) is 64.7 Å². The van der Waals surface area contributed by atoms with Crippen LogP contribution in [0.15, 0.2) is 48.5 Å². The fraction of sp³-hybridized carbons (Fsp3) is 0.440. The third-order valence-electron chi connectivity index (χ3n) is 5.85. The molecular formula is C25H31ClN2O3. The van der Waals surface area contributed by atoms with Gasteiger partial charge in [0.1, 0.15) is 11.8 Å². The number of amides is 2. The van der Waals surface area contributed by atoms with E-state index in [2.05, 4.69) is 5.32 Å². The van der Waals surface area contributed by atoms with Crippen LogP contribution in [0.4, 0.5) is 0 Å². The van der Waals surface area contributed by atoms with Crippen molar-refractivity contribution in [2.45, 2.75) is 64.6 Å². The van der Waals surface area contributed by atoms with Crippen molar-refractivity contribution in [2.24, 2.45) is 0 Å². The summed E-state index contributed by atoms with van der Waals surface area (Å²) in [5.41, 5.74) is 2.10. The zero-order valence-electron chi connectivity index (χ0n) is 18.3. The van der Waals surface area contributed by atoms with Crippen LogP contribution in [-0.2, 0) is 16.1 Å². The Labute approximate surface area is 189 Å². The van der Waals surface area contributed by atoms with Crippen LogP contribution in [-0.4, -0.2) is 35.4 Å². The molecule has 1 fully saturated rings. The van der Waals surface area contributed by atoms with E-state index in [9.17, 15) is 9.59 Å². The lowest BCUT2D eigenvalue weighted by molar-refractivity contribution is -0.143. The van der Waals surface area contributed by atoms with Crippen LogP contribution in [0.25, 0.3) is 0 Å². The monoisotopic (exact) mass is 442 g/mol. The summed E-state index contributed by atoms with van der Waals surface area (Å²) in [5.74, 6) is 0.218. The molecule has 0 aliphatic heterocycles. The Kier molecular flexibility index (Phi) is 8.35. The molecular weight excluding hydrogens is 412 g/mol. The van der Waals surface area contributed by atoms with Crippen molar-refractivity contribution in [2.75, 3.05) is 6.61 Å². The molecule has 166 valence electrons. The van der Waals surface area contributed by atoms with Gasteiger partial charge < -0.3 is 15.0 Å². The molecule has 2 aromatic rings. The predicted octanol–water partition coefficient (Wildman–Crippen LogP) is 4.89. The van der Waals surface area contributed by atoms with Gasteiger partial charge in [-0.15, -0.1) is 0 Å². The lowest BCUT2D eigenvalue weighted by Gasteiger charge is -2.32. The summed E-state index contributed by atoms with van der Waals surface area (Å²) >= 11 is 6.01. The van der Waals surface area contributed by atoms with E-state index < -0.39 is 6.04 Å². The fourth-order valence-corrected chi connectivity index (χ4v) is 4.22. The average Bonchev–Trinajstić information content (AvgIpc) is 3.26. The van der Waals surface area contributed by atoms with Crippen LogP contribution >= 0.6 is 11.6 Å². The van der Waals surface area contributed by atoms with Crippen LogP contribution in [0.1, 0.15) is 50.2 Å². The Hall–Kier alpha value is -2.53. The Bertz CT molecular complexity index is 896. The second-order valence-electron chi connectivity index (χ2n) is 8.11. The van der Waals surface area contributed by atoms with E-state index in [0.717, 1.165) is 36.8 Å². The fourth-order valence-electron chi connectivity index (χ4n) is 4.04. The van der Waals surface area contributed by atoms with E-state index in [1.165, 1.54) is 0 Å². The van der Waals surface area contributed by atoms with Crippen molar-refractivity contribution in [1.82, 2.24) is 10.2 Å². The molecule has 0 saturated heterocycles. The first-order valence-electron chi connectivity index (χ1n) is 11.0. The van der Waals surface area contributed by atoms with Gasteiger partial charge in [-0.25, -0.2) is 0 Å². The summed E-state index contributed by atoms with van der Waals surface area (Å²) in [6.45, 7) is 4.16. The first kappa shape index (κ1) is 23.1. The minimum Gasteiger partial charge on any atom is -0.484 e. The summed E-state index contributed by atoms with van der Waals surface area (Å²) in [5, 5.41) is 3.70. The molecule has 0 aromatic heterocycles. The van der Waals surface area contributed by atoms with E-state index in [1.807, 2.05) is 38.1 Å². The highest BCUT2D eigenvalue weighted by Crippen LogP contribution is 2.21. The average molecular weight is 443 g/mol. The maximum atomic E-state index is 13.2. The van der Waals surface area contributed by atoms with Crippen LogP contribution in [0, 0.1) is 6.92 Å². The molecule has 1 N–H and O–H groups in total. The lowest BCUT2D eigenvalue weighted by Crippen LogP contribution is -2.52. The van der Waals surface area contributed by atoms with Gasteiger partial charge in [-0.2, -0.15) is 0 Å². The molecule has 0 heterocycles. The lowest BCUT2D eigenvalue weighted by atomic mass is 10.1. The SMILES string of the molecule is CCC(C(=O)NC1CCCC1)N(Cc1ccccc1C)C(=O)COc1cccc(Cl)c1.